The SMILES string of the molecule is C=C(NC(C)Cc1ccc(C(=C)N)cc1)OCC1C2=C(CCC=C2)c2ccccc21. The normalized spacial score (nSPS) is 17.8. The second-order valence-electron chi connectivity index (χ2n) is 8.22. The Kier molecular flexibility index (Phi) is 5.80. The van der Waals surface area contributed by atoms with Crippen LogP contribution in [0.15, 0.2) is 85.3 Å². The van der Waals surface area contributed by atoms with E-state index in [2.05, 4.69) is 73.9 Å². The topological polar surface area (TPSA) is 47.3 Å². The Morgan fingerprint density at radius 2 is 1.93 bits per heavy atom. The maximum absolute atomic E-state index is 6.09. The van der Waals surface area contributed by atoms with Gasteiger partial charge in [-0.25, -0.2) is 0 Å². The summed E-state index contributed by atoms with van der Waals surface area (Å²) in [5.74, 6) is 0.902. The first-order chi connectivity index (χ1) is 14.5. The fraction of sp³-hybridized carbons (Fsp3) is 0.259. The summed E-state index contributed by atoms with van der Waals surface area (Å²) in [7, 11) is 0. The molecule has 154 valence electrons. The molecule has 3 N–H and O–H groups in total. The first-order valence-electron chi connectivity index (χ1n) is 10.6. The molecule has 0 saturated carbocycles. The van der Waals surface area contributed by atoms with Gasteiger partial charge in [0.25, 0.3) is 0 Å². The maximum Gasteiger partial charge on any atom is 0.179 e. The van der Waals surface area contributed by atoms with Crippen LogP contribution in [0.25, 0.3) is 11.3 Å². The van der Waals surface area contributed by atoms with Crippen LogP contribution in [0.1, 0.15) is 47.9 Å². The van der Waals surface area contributed by atoms with Gasteiger partial charge in [0, 0.05) is 17.7 Å². The fourth-order valence-electron chi connectivity index (χ4n) is 4.48. The van der Waals surface area contributed by atoms with Gasteiger partial charge in [-0.2, -0.15) is 0 Å². The number of hydrogen-bond donors (Lipinski definition) is 2. The number of fused-ring (bicyclic) bond motifs is 2. The molecule has 2 aromatic carbocycles. The molecule has 0 bridgehead atoms. The molecule has 2 aromatic rings. The largest absolute Gasteiger partial charge is 0.479 e. The molecular formula is C27H30N2O. The minimum absolute atomic E-state index is 0.213. The summed E-state index contributed by atoms with van der Waals surface area (Å²) >= 11 is 0. The zero-order valence-corrected chi connectivity index (χ0v) is 17.7. The second kappa shape index (κ2) is 8.66. The van der Waals surface area contributed by atoms with Crippen LogP contribution >= 0.6 is 0 Å². The molecule has 0 aliphatic heterocycles. The summed E-state index contributed by atoms with van der Waals surface area (Å²) < 4.78 is 6.09. The Morgan fingerprint density at radius 3 is 2.70 bits per heavy atom. The molecule has 0 radical (unpaired) electrons. The van der Waals surface area contributed by atoms with Gasteiger partial charge >= 0.3 is 0 Å². The molecule has 0 spiro atoms. The lowest BCUT2D eigenvalue weighted by atomic mass is 9.93. The summed E-state index contributed by atoms with van der Waals surface area (Å²) in [5.41, 5.74) is 14.2. The van der Waals surface area contributed by atoms with Crippen molar-refractivity contribution >= 4 is 11.3 Å². The number of hydrogen-bond acceptors (Lipinski definition) is 3. The molecule has 0 aromatic heterocycles. The van der Waals surface area contributed by atoms with Gasteiger partial charge in [-0.1, -0.05) is 67.3 Å². The van der Waals surface area contributed by atoms with Crippen LogP contribution < -0.4 is 11.1 Å². The van der Waals surface area contributed by atoms with E-state index in [-0.39, 0.29) is 12.0 Å². The molecule has 3 heteroatoms. The Bertz CT molecular complexity index is 1010. The van der Waals surface area contributed by atoms with Gasteiger partial charge in [-0.05, 0) is 66.2 Å². The van der Waals surface area contributed by atoms with Crippen molar-refractivity contribution in [3.8, 4) is 0 Å². The van der Waals surface area contributed by atoms with Crippen molar-refractivity contribution in [1.82, 2.24) is 5.32 Å². The van der Waals surface area contributed by atoms with Gasteiger partial charge in [-0.15, -0.1) is 0 Å². The summed E-state index contributed by atoms with van der Waals surface area (Å²) in [6.07, 6.45) is 7.67. The van der Waals surface area contributed by atoms with Gasteiger partial charge < -0.3 is 15.8 Å². The smallest absolute Gasteiger partial charge is 0.179 e. The molecule has 30 heavy (non-hydrogen) atoms. The van der Waals surface area contributed by atoms with Crippen molar-refractivity contribution in [2.45, 2.75) is 38.1 Å². The average Bonchev–Trinajstić information content (AvgIpc) is 3.06. The first kappa shape index (κ1) is 20.1. The highest BCUT2D eigenvalue weighted by Crippen LogP contribution is 2.46. The van der Waals surface area contributed by atoms with Crippen molar-refractivity contribution < 1.29 is 4.74 Å². The molecule has 4 rings (SSSR count). The third-order valence-electron chi connectivity index (χ3n) is 5.94. The molecule has 2 unspecified atom stereocenters. The average molecular weight is 399 g/mol. The van der Waals surface area contributed by atoms with Crippen LogP contribution in [0.5, 0.6) is 0 Å². The zero-order chi connectivity index (χ0) is 21.1. The molecule has 0 fully saturated rings. The predicted octanol–water partition coefficient (Wildman–Crippen LogP) is 5.53. The lowest BCUT2D eigenvalue weighted by Crippen LogP contribution is -2.29. The number of benzene rings is 2. The summed E-state index contributed by atoms with van der Waals surface area (Å²) in [4.78, 5) is 0. The second-order valence-corrected chi connectivity index (χ2v) is 8.22. The molecule has 0 saturated heterocycles. The van der Waals surface area contributed by atoms with Crippen molar-refractivity contribution in [2.24, 2.45) is 5.73 Å². The Morgan fingerprint density at radius 1 is 1.17 bits per heavy atom. The predicted molar refractivity (Wildman–Crippen MR) is 126 cm³/mol. The molecule has 2 atom stereocenters. The van der Waals surface area contributed by atoms with Crippen LogP contribution in [0.4, 0.5) is 0 Å². The van der Waals surface area contributed by atoms with E-state index in [1.165, 1.54) is 27.8 Å². The third kappa shape index (κ3) is 4.20. The molecule has 3 nitrogen and oxygen atoms in total. The number of rotatable bonds is 8. The van der Waals surface area contributed by atoms with E-state index in [0.29, 0.717) is 18.2 Å². The van der Waals surface area contributed by atoms with Crippen molar-refractivity contribution in [3.05, 3.63) is 108 Å². The molecule has 2 aliphatic rings. The van der Waals surface area contributed by atoms with Crippen LogP contribution in [0.2, 0.25) is 0 Å². The fourth-order valence-corrected chi connectivity index (χ4v) is 4.48. The highest BCUT2D eigenvalue weighted by Gasteiger charge is 2.30. The summed E-state index contributed by atoms with van der Waals surface area (Å²) in [6.45, 7) is 10.6. The van der Waals surface area contributed by atoms with Gasteiger partial charge in [-0.3, -0.25) is 0 Å². The lowest BCUT2D eigenvalue weighted by Gasteiger charge is -2.21. The van der Waals surface area contributed by atoms with Crippen LogP contribution in [-0.4, -0.2) is 12.6 Å². The minimum atomic E-state index is 0.213. The summed E-state index contributed by atoms with van der Waals surface area (Å²) in [6, 6.07) is 17.1. The molecule has 0 heterocycles. The monoisotopic (exact) mass is 398 g/mol. The van der Waals surface area contributed by atoms with Crippen LogP contribution in [-0.2, 0) is 11.2 Å². The van der Waals surface area contributed by atoms with Crippen molar-refractivity contribution in [3.63, 3.8) is 0 Å². The van der Waals surface area contributed by atoms with E-state index in [0.717, 1.165) is 24.8 Å². The number of allylic oxidation sites excluding steroid dienone is 3. The van der Waals surface area contributed by atoms with Gasteiger partial charge in [0.05, 0.1) is 0 Å². The van der Waals surface area contributed by atoms with E-state index < -0.39 is 0 Å². The van der Waals surface area contributed by atoms with E-state index >= 15 is 0 Å². The number of ether oxygens (including phenoxy) is 1. The maximum atomic E-state index is 6.09. The van der Waals surface area contributed by atoms with Crippen molar-refractivity contribution in [1.29, 1.82) is 0 Å². The number of nitrogens with one attached hydrogen (secondary N) is 1. The molecule has 0 amide bonds. The number of nitrogens with two attached hydrogens (primary N) is 1. The van der Waals surface area contributed by atoms with E-state index in [1.54, 1.807) is 0 Å². The minimum Gasteiger partial charge on any atom is -0.479 e. The standard InChI is InChI=1S/C27H30N2O/c1-18(16-21-12-14-22(15-13-21)19(2)28)29-20(3)30-17-27-25-10-6-4-8-23(25)24-9-5-7-11-26(24)27/h4,6-8,10-15,18,27,29H,2-3,5,9,16-17,28H2,1H3. The quantitative estimate of drug-likeness (QED) is 0.575. The Hall–Kier alpha value is -3.20. The molecule has 2 aliphatic carbocycles. The Labute approximate surface area is 179 Å². The highest BCUT2D eigenvalue weighted by molar-refractivity contribution is 5.81. The van der Waals surface area contributed by atoms with Gasteiger partial charge in [0.15, 0.2) is 5.88 Å². The van der Waals surface area contributed by atoms with E-state index in [1.807, 2.05) is 12.1 Å². The highest BCUT2D eigenvalue weighted by atomic mass is 16.5. The summed E-state index contributed by atoms with van der Waals surface area (Å²) in [5, 5.41) is 3.39. The van der Waals surface area contributed by atoms with Crippen LogP contribution in [0, 0.1) is 0 Å². The van der Waals surface area contributed by atoms with Gasteiger partial charge in [0.2, 0.25) is 0 Å². The first-order valence-corrected chi connectivity index (χ1v) is 10.6. The van der Waals surface area contributed by atoms with Crippen molar-refractivity contribution in [2.75, 3.05) is 6.61 Å². The molecular weight excluding hydrogens is 368 g/mol. The van der Waals surface area contributed by atoms with E-state index in [4.69, 9.17) is 10.5 Å². The third-order valence-corrected chi connectivity index (χ3v) is 5.94. The Balaban J connectivity index is 1.34. The van der Waals surface area contributed by atoms with Gasteiger partial charge in [0.1, 0.15) is 6.61 Å². The van der Waals surface area contributed by atoms with Crippen LogP contribution in [0.3, 0.4) is 0 Å². The zero-order valence-electron chi connectivity index (χ0n) is 17.7. The van der Waals surface area contributed by atoms with E-state index in [9.17, 15) is 0 Å². The lowest BCUT2D eigenvalue weighted by molar-refractivity contribution is 0.178.